The second kappa shape index (κ2) is 9.18. The summed E-state index contributed by atoms with van der Waals surface area (Å²) in [6.45, 7) is 0.148. The third-order valence-corrected chi connectivity index (χ3v) is 4.90. The lowest BCUT2D eigenvalue weighted by Gasteiger charge is -2.08. The highest BCUT2D eigenvalue weighted by molar-refractivity contribution is 5.79. The van der Waals surface area contributed by atoms with Gasteiger partial charge in [-0.2, -0.15) is 18.3 Å². The molecule has 35 heavy (non-hydrogen) atoms. The number of anilines is 1. The van der Waals surface area contributed by atoms with Gasteiger partial charge >= 0.3 is 6.18 Å². The van der Waals surface area contributed by atoms with E-state index in [0.717, 1.165) is 28.7 Å². The van der Waals surface area contributed by atoms with E-state index in [-0.39, 0.29) is 12.5 Å². The number of nitrogens with one attached hydrogen (secondary N) is 2. The Morgan fingerprint density at radius 2 is 1.77 bits per heavy atom. The molecule has 1 aromatic carbocycles. The predicted octanol–water partition coefficient (Wildman–Crippen LogP) is 4.24. The van der Waals surface area contributed by atoms with Crippen molar-refractivity contribution in [3.8, 4) is 23.4 Å². The van der Waals surface area contributed by atoms with Crippen LogP contribution >= 0.6 is 0 Å². The number of hydrogen-bond donors (Lipinski definition) is 2. The molecule has 0 aliphatic carbocycles. The first kappa shape index (κ1) is 22.0. The van der Waals surface area contributed by atoms with Crippen LogP contribution in [0.2, 0.25) is 0 Å². The van der Waals surface area contributed by atoms with Crippen molar-refractivity contribution in [2.24, 2.45) is 0 Å². The van der Waals surface area contributed by atoms with Gasteiger partial charge in [0.25, 0.3) is 0 Å². The van der Waals surface area contributed by atoms with Gasteiger partial charge in [0.15, 0.2) is 5.82 Å². The molecule has 4 heterocycles. The topological polar surface area (TPSA) is 105 Å². The van der Waals surface area contributed by atoms with Crippen LogP contribution in [0.25, 0.3) is 22.4 Å². The van der Waals surface area contributed by atoms with E-state index in [1.807, 2.05) is 18.2 Å². The highest BCUT2D eigenvalue weighted by atomic mass is 19.4. The van der Waals surface area contributed by atoms with Crippen molar-refractivity contribution >= 4 is 16.9 Å². The number of fused-ring (bicyclic) bond motifs is 1. The number of pyridine rings is 1. The molecule has 172 valence electrons. The third-order valence-electron chi connectivity index (χ3n) is 4.90. The van der Waals surface area contributed by atoms with E-state index in [1.54, 1.807) is 24.5 Å². The number of benzene rings is 1. The first-order valence-electron chi connectivity index (χ1n) is 10.3. The summed E-state index contributed by atoms with van der Waals surface area (Å²) in [6, 6.07) is 11.4. The maximum Gasteiger partial charge on any atom is 0.417 e. The van der Waals surface area contributed by atoms with Gasteiger partial charge in [0.2, 0.25) is 5.95 Å². The highest BCUT2D eigenvalue weighted by Gasteiger charge is 2.30. The monoisotopic (exact) mass is 472 g/mol. The lowest BCUT2D eigenvalue weighted by atomic mass is 10.1. The summed E-state index contributed by atoms with van der Waals surface area (Å²) in [5, 5.41) is 10.8. The Kier molecular flexibility index (Phi) is 5.76. The zero-order valence-electron chi connectivity index (χ0n) is 17.9. The Balaban J connectivity index is 1.30. The summed E-state index contributed by atoms with van der Waals surface area (Å²) in [5.74, 6) is 6.73. The molecular weight excluding hydrogens is 457 g/mol. The fourth-order valence-electron chi connectivity index (χ4n) is 3.14. The van der Waals surface area contributed by atoms with Crippen LogP contribution in [0.15, 0.2) is 67.3 Å². The van der Waals surface area contributed by atoms with Gasteiger partial charge in [-0.1, -0.05) is 5.92 Å². The lowest BCUT2D eigenvalue weighted by Crippen LogP contribution is -2.09. The van der Waals surface area contributed by atoms with Gasteiger partial charge in [-0.15, -0.1) is 0 Å². The molecule has 5 aromatic rings. The molecule has 0 saturated heterocycles. The van der Waals surface area contributed by atoms with Crippen molar-refractivity contribution < 1.29 is 13.2 Å². The van der Waals surface area contributed by atoms with Crippen molar-refractivity contribution in [1.29, 1.82) is 0 Å². The molecule has 8 nitrogen and oxygen atoms in total. The molecule has 5 rings (SSSR count). The van der Waals surface area contributed by atoms with Gasteiger partial charge in [0.05, 0.1) is 29.5 Å². The van der Waals surface area contributed by atoms with Crippen LogP contribution in [0.4, 0.5) is 19.1 Å². The molecule has 0 aliphatic rings. The lowest BCUT2D eigenvalue weighted by molar-refractivity contribution is -0.137. The number of rotatable bonds is 4. The normalized spacial score (nSPS) is 11.2. The SMILES string of the molecule is FC(F)(F)c1ccc(CNc2nccc(-c3nccc(C#Cc4ccc5[nH]ncc5c4)n3)n2)nc1. The van der Waals surface area contributed by atoms with Crippen LogP contribution in [0.3, 0.4) is 0 Å². The summed E-state index contributed by atoms with van der Waals surface area (Å²) in [5.41, 5.74) is 2.35. The standard InChI is InChI=1S/C24H15F3N8/c25-24(26,27)17-3-5-19(30-13-17)14-31-23-29-10-8-21(34-23)22-28-9-7-18(33-22)4-1-15-2-6-20-16(11-15)12-32-35-20/h2-3,5-13H,14H2,(H,32,35)(H,29,31,34). The van der Waals surface area contributed by atoms with Gasteiger partial charge in [0, 0.05) is 29.5 Å². The fourth-order valence-corrected chi connectivity index (χ4v) is 3.14. The second-order valence-electron chi connectivity index (χ2n) is 7.34. The summed E-state index contributed by atoms with van der Waals surface area (Å²) in [7, 11) is 0. The van der Waals surface area contributed by atoms with Gasteiger partial charge in [-0.25, -0.2) is 19.9 Å². The molecular formula is C24H15F3N8. The van der Waals surface area contributed by atoms with E-state index in [2.05, 4.69) is 52.3 Å². The summed E-state index contributed by atoms with van der Waals surface area (Å²) < 4.78 is 38.1. The molecule has 0 unspecified atom stereocenters. The number of aromatic nitrogens is 7. The van der Waals surface area contributed by atoms with E-state index in [9.17, 15) is 13.2 Å². The van der Waals surface area contributed by atoms with Crippen LogP contribution in [0.5, 0.6) is 0 Å². The minimum atomic E-state index is -4.43. The number of nitrogens with zero attached hydrogens (tertiary/aromatic N) is 6. The Bertz CT molecular complexity index is 1550. The van der Waals surface area contributed by atoms with Crippen molar-refractivity contribution in [2.75, 3.05) is 5.32 Å². The number of H-pyrrole nitrogens is 1. The van der Waals surface area contributed by atoms with Crippen molar-refractivity contribution in [3.63, 3.8) is 0 Å². The summed E-state index contributed by atoms with van der Waals surface area (Å²) in [6.07, 6.45) is 1.22. The summed E-state index contributed by atoms with van der Waals surface area (Å²) in [4.78, 5) is 21.1. The Morgan fingerprint density at radius 3 is 2.60 bits per heavy atom. The number of aromatic amines is 1. The van der Waals surface area contributed by atoms with E-state index >= 15 is 0 Å². The van der Waals surface area contributed by atoms with Crippen LogP contribution in [-0.4, -0.2) is 35.1 Å². The average Bonchev–Trinajstić information content (AvgIpc) is 3.34. The molecule has 2 N–H and O–H groups in total. The van der Waals surface area contributed by atoms with Gasteiger partial charge in [-0.3, -0.25) is 10.1 Å². The minimum absolute atomic E-state index is 0.148. The average molecular weight is 472 g/mol. The molecule has 0 fully saturated rings. The maximum absolute atomic E-state index is 12.7. The quantitative estimate of drug-likeness (QED) is 0.377. The number of alkyl halides is 3. The van der Waals surface area contributed by atoms with E-state index in [0.29, 0.717) is 22.9 Å². The highest BCUT2D eigenvalue weighted by Crippen LogP contribution is 2.28. The van der Waals surface area contributed by atoms with Crippen molar-refractivity contribution in [1.82, 2.24) is 35.1 Å². The zero-order valence-corrected chi connectivity index (χ0v) is 17.9. The molecule has 0 aliphatic heterocycles. The molecule has 0 amide bonds. The van der Waals surface area contributed by atoms with Crippen LogP contribution in [-0.2, 0) is 12.7 Å². The Hall–Kier alpha value is -4.85. The summed E-state index contributed by atoms with van der Waals surface area (Å²) >= 11 is 0. The maximum atomic E-state index is 12.7. The fraction of sp³-hybridized carbons (Fsp3) is 0.0833. The zero-order chi connectivity index (χ0) is 24.3. The first-order valence-corrected chi connectivity index (χ1v) is 10.3. The molecule has 0 radical (unpaired) electrons. The molecule has 0 spiro atoms. The smallest absolute Gasteiger partial charge is 0.349 e. The van der Waals surface area contributed by atoms with E-state index in [4.69, 9.17) is 0 Å². The molecule has 0 atom stereocenters. The predicted molar refractivity (Wildman–Crippen MR) is 122 cm³/mol. The minimum Gasteiger partial charge on any atom is -0.349 e. The Labute approximate surface area is 196 Å². The molecule has 4 aromatic heterocycles. The van der Waals surface area contributed by atoms with E-state index < -0.39 is 11.7 Å². The first-order chi connectivity index (χ1) is 16.9. The van der Waals surface area contributed by atoms with Crippen LogP contribution in [0, 0.1) is 11.8 Å². The van der Waals surface area contributed by atoms with E-state index in [1.165, 1.54) is 12.3 Å². The second-order valence-corrected chi connectivity index (χ2v) is 7.34. The Morgan fingerprint density at radius 1 is 0.886 bits per heavy atom. The molecule has 0 saturated carbocycles. The number of hydrogen-bond acceptors (Lipinski definition) is 7. The van der Waals surface area contributed by atoms with Gasteiger partial charge in [0.1, 0.15) is 11.4 Å². The van der Waals surface area contributed by atoms with Crippen molar-refractivity contribution in [2.45, 2.75) is 12.7 Å². The van der Waals surface area contributed by atoms with Crippen LogP contribution < -0.4 is 5.32 Å². The number of halogens is 3. The largest absolute Gasteiger partial charge is 0.417 e. The van der Waals surface area contributed by atoms with Crippen molar-refractivity contribution in [3.05, 3.63) is 89.8 Å². The molecule has 11 heteroatoms. The molecule has 0 bridgehead atoms. The van der Waals surface area contributed by atoms with Gasteiger partial charge < -0.3 is 5.32 Å². The van der Waals surface area contributed by atoms with Gasteiger partial charge in [-0.05, 0) is 48.4 Å². The van der Waals surface area contributed by atoms with Crippen LogP contribution in [0.1, 0.15) is 22.5 Å². The third kappa shape index (κ3) is 5.22.